The Bertz CT molecular complexity index is 1140. The molecule has 198 valence electrons. The molecular formula is C31H45NO4. The van der Waals surface area contributed by atoms with Crippen LogP contribution in [0.5, 0.6) is 11.5 Å². The molecule has 5 heteroatoms. The Balaban J connectivity index is 1.52. The zero-order chi connectivity index (χ0) is 25.7. The van der Waals surface area contributed by atoms with Gasteiger partial charge in [0.05, 0.1) is 5.60 Å². The highest BCUT2D eigenvalue weighted by Crippen LogP contribution is 2.87. The number of aromatic hydroxyl groups is 1. The van der Waals surface area contributed by atoms with Crippen molar-refractivity contribution in [3.05, 3.63) is 23.3 Å². The molecule has 1 saturated heterocycles. The molecule has 0 radical (unpaired) electrons. The molecule has 0 amide bonds. The molecule has 5 nitrogen and oxygen atoms in total. The largest absolute Gasteiger partial charge is 0.504 e. The second-order valence-corrected chi connectivity index (χ2v) is 14.5. The summed E-state index contributed by atoms with van der Waals surface area (Å²) in [6.45, 7) is 15.5. The number of rotatable bonds is 5. The molecule has 2 N–H and O–H groups in total. The SMILES string of the molecule is CC[C@]12C[C@]3([C@](C)(O)C(C)(C)C)[C@@H](C)[C@]3(OC)[C@@H]3Oc4c(O)ccc5c4[C@@]31CCN(CC1CC1)C2C5. The summed E-state index contributed by atoms with van der Waals surface area (Å²) >= 11 is 0. The Labute approximate surface area is 216 Å². The Hall–Kier alpha value is -1.30. The molecule has 8 atom stereocenters. The maximum atomic E-state index is 12.6. The van der Waals surface area contributed by atoms with E-state index < -0.39 is 16.6 Å². The molecular weight excluding hydrogens is 450 g/mol. The number of phenols is 1. The lowest BCUT2D eigenvalue weighted by molar-refractivity contribution is -0.237. The van der Waals surface area contributed by atoms with Gasteiger partial charge in [-0.25, -0.2) is 0 Å². The third-order valence-electron chi connectivity index (χ3n) is 13.0. The minimum absolute atomic E-state index is 0.0428. The fourth-order valence-electron chi connectivity index (χ4n) is 10.8. The maximum Gasteiger partial charge on any atom is 0.165 e. The summed E-state index contributed by atoms with van der Waals surface area (Å²) in [5, 5.41) is 23.7. The number of methoxy groups -OCH3 is 1. The summed E-state index contributed by atoms with van der Waals surface area (Å²) in [5.41, 5.74) is 0.0992. The summed E-state index contributed by atoms with van der Waals surface area (Å²) in [6.07, 6.45) is 6.53. The van der Waals surface area contributed by atoms with E-state index in [0.717, 1.165) is 38.1 Å². The van der Waals surface area contributed by atoms with Gasteiger partial charge in [0.25, 0.3) is 0 Å². The van der Waals surface area contributed by atoms with Gasteiger partial charge in [0, 0.05) is 47.4 Å². The van der Waals surface area contributed by atoms with Crippen molar-refractivity contribution >= 4 is 0 Å². The number of aliphatic hydroxyl groups is 1. The number of piperidine rings is 1. The lowest BCUT2D eigenvalue weighted by atomic mass is 9.39. The van der Waals surface area contributed by atoms with Crippen LogP contribution in [-0.4, -0.2) is 58.7 Å². The van der Waals surface area contributed by atoms with E-state index in [9.17, 15) is 10.2 Å². The van der Waals surface area contributed by atoms with Gasteiger partial charge in [0.15, 0.2) is 11.5 Å². The first-order chi connectivity index (χ1) is 16.9. The van der Waals surface area contributed by atoms with Crippen LogP contribution in [-0.2, 0) is 16.6 Å². The number of fused-ring (bicyclic) bond motifs is 2. The first kappa shape index (κ1) is 23.8. The van der Waals surface area contributed by atoms with E-state index in [1.54, 1.807) is 0 Å². The summed E-state index contributed by atoms with van der Waals surface area (Å²) in [4.78, 5) is 2.82. The Morgan fingerprint density at radius 3 is 2.53 bits per heavy atom. The average molecular weight is 496 g/mol. The molecule has 2 aliphatic heterocycles. The average Bonchev–Trinajstić information content (AvgIpc) is 3.69. The van der Waals surface area contributed by atoms with Gasteiger partial charge in [-0.15, -0.1) is 0 Å². The molecule has 3 saturated carbocycles. The van der Waals surface area contributed by atoms with Crippen molar-refractivity contribution < 1.29 is 19.7 Å². The van der Waals surface area contributed by atoms with Crippen molar-refractivity contribution in [3.8, 4) is 11.5 Å². The molecule has 1 aromatic carbocycles. The molecule has 1 spiro atoms. The van der Waals surface area contributed by atoms with Gasteiger partial charge in [-0.05, 0) is 75.0 Å². The first-order valence-electron chi connectivity index (χ1n) is 14.4. The van der Waals surface area contributed by atoms with Crippen LogP contribution in [0.25, 0.3) is 0 Å². The van der Waals surface area contributed by atoms with Gasteiger partial charge in [0.2, 0.25) is 0 Å². The zero-order valence-electron chi connectivity index (χ0n) is 23.3. The van der Waals surface area contributed by atoms with E-state index in [-0.39, 0.29) is 34.0 Å². The Morgan fingerprint density at radius 2 is 1.92 bits per heavy atom. The highest BCUT2D eigenvalue weighted by molar-refractivity contribution is 5.64. The normalized spacial score (nSPS) is 45.9. The highest BCUT2D eigenvalue weighted by atomic mass is 16.6. The van der Waals surface area contributed by atoms with Gasteiger partial charge < -0.3 is 19.7 Å². The quantitative estimate of drug-likeness (QED) is 0.599. The van der Waals surface area contributed by atoms with Gasteiger partial charge >= 0.3 is 0 Å². The zero-order valence-corrected chi connectivity index (χ0v) is 23.3. The van der Waals surface area contributed by atoms with Crippen LogP contribution in [0.2, 0.25) is 0 Å². The van der Waals surface area contributed by atoms with Gasteiger partial charge in [0.1, 0.15) is 11.7 Å². The minimum Gasteiger partial charge on any atom is -0.504 e. The van der Waals surface area contributed by atoms with Gasteiger partial charge in [-0.3, -0.25) is 4.90 Å². The number of phenolic OH excluding ortho intramolecular Hbond substituents is 1. The summed E-state index contributed by atoms with van der Waals surface area (Å²) in [5.74, 6) is 1.95. The van der Waals surface area contributed by atoms with E-state index >= 15 is 0 Å². The van der Waals surface area contributed by atoms with E-state index in [1.165, 1.54) is 30.5 Å². The van der Waals surface area contributed by atoms with Crippen molar-refractivity contribution in [3.63, 3.8) is 0 Å². The molecule has 7 rings (SSSR count). The number of likely N-dealkylation sites (tertiary alicyclic amines) is 1. The lowest BCUT2D eigenvalue weighted by Crippen LogP contribution is -2.76. The molecule has 36 heavy (non-hydrogen) atoms. The van der Waals surface area contributed by atoms with Crippen LogP contribution < -0.4 is 4.74 Å². The van der Waals surface area contributed by atoms with E-state index in [4.69, 9.17) is 9.47 Å². The number of nitrogens with zero attached hydrogens (tertiary/aromatic N) is 1. The predicted octanol–water partition coefficient (Wildman–Crippen LogP) is 5.05. The summed E-state index contributed by atoms with van der Waals surface area (Å²) in [6, 6.07) is 4.43. The predicted molar refractivity (Wildman–Crippen MR) is 139 cm³/mol. The molecule has 0 aromatic heterocycles. The van der Waals surface area contributed by atoms with Crippen molar-refractivity contribution in [2.45, 2.75) is 109 Å². The van der Waals surface area contributed by atoms with E-state index in [1.807, 2.05) is 13.2 Å². The summed E-state index contributed by atoms with van der Waals surface area (Å²) < 4.78 is 13.7. The number of hydrogen-bond donors (Lipinski definition) is 2. The van der Waals surface area contributed by atoms with E-state index in [0.29, 0.717) is 11.8 Å². The molecule has 2 heterocycles. The smallest absolute Gasteiger partial charge is 0.165 e. The first-order valence-corrected chi connectivity index (χ1v) is 14.4. The second-order valence-electron chi connectivity index (χ2n) is 14.5. The van der Waals surface area contributed by atoms with Crippen LogP contribution in [0.1, 0.15) is 84.8 Å². The van der Waals surface area contributed by atoms with Crippen LogP contribution in [0.4, 0.5) is 0 Å². The minimum atomic E-state index is -0.949. The topological polar surface area (TPSA) is 62.2 Å². The molecule has 1 aromatic rings. The fraction of sp³-hybridized carbons (Fsp3) is 0.806. The molecule has 4 aliphatic carbocycles. The Morgan fingerprint density at radius 1 is 1.19 bits per heavy atom. The van der Waals surface area contributed by atoms with Crippen LogP contribution in [0.3, 0.4) is 0 Å². The van der Waals surface area contributed by atoms with Crippen LogP contribution >= 0.6 is 0 Å². The molecule has 2 bridgehead atoms. The van der Waals surface area contributed by atoms with Crippen molar-refractivity contribution in [2.24, 2.45) is 28.1 Å². The van der Waals surface area contributed by atoms with Crippen molar-refractivity contribution in [1.29, 1.82) is 0 Å². The molecule has 1 unspecified atom stereocenters. The lowest BCUT2D eigenvalue weighted by Gasteiger charge is -2.69. The highest BCUT2D eigenvalue weighted by Gasteiger charge is 2.94. The van der Waals surface area contributed by atoms with Crippen LogP contribution in [0.15, 0.2) is 12.1 Å². The molecule has 4 fully saturated rings. The number of hydrogen-bond acceptors (Lipinski definition) is 5. The maximum absolute atomic E-state index is 12.6. The van der Waals surface area contributed by atoms with Gasteiger partial charge in [-0.2, -0.15) is 0 Å². The van der Waals surface area contributed by atoms with Gasteiger partial charge in [-0.1, -0.05) is 40.7 Å². The van der Waals surface area contributed by atoms with Crippen molar-refractivity contribution in [1.82, 2.24) is 4.90 Å². The third-order valence-corrected chi connectivity index (χ3v) is 13.0. The fourth-order valence-corrected chi connectivity index (χ4v) is 10.8. The third kappa shape index (κ3) is 2.18. The van der Waals surface area contributed by atoms with Crippen LogP contribution in [0, 0.1) is 28.1 Å². The summed E-state index contributed by atoms with van der Waals surface area (Å²) in [7, 11) is 1.84. The second kappa shape index (κ2) is 6.63. The standard InChI is InChI=1S/C31H45NO4/c1-8-28-17-30(27(6,34)26(3,4)5)18(2)31(30,35-7)25-29(28)13-14-32(16-19-9-10-19)22(28)15-20-11-12-21(33)24(36-25)23(20)29/h11-12,18-19,22,25,33-34H,8-10,13-17H2,1-7H3/t18-,22?,25-,27-,28-,29+,30-,31+/m1/s1. The number of benzene rings is 1. The number of ether oxygens (including phenoxy) is 2. The van der Waals surface area contributed by atoms with Crippen molar-refractivity contribution in [2.75, 3.05) is 20.2 Å². The molecule has 6 aliphatic rings. The van der Waals surface area contributed by atoms with E-state index in [2.05, 4.69) is 52.5 Å². The monoisotopic (exact) mass is 495 g/mol. The Kier molecular flexibility index (Phi) is 4.38.